The van der Waals surface area contributed by atoms with E-state index < -0.39 is 72.7 Å². The topological polar surface area (TPSA) is 236 Å². The summed E-state index contributed by atoms with van der Waals surface area (Å²) in [5.41, 5.74) is -6.32. The van der Waals surface area contributed by atoms with Crippen molar-refractivity contribution in [2.75, 3.05) is 0 Å². The normalized spacial score (nSPS) is 14.7. The van der Waals surface area contributed by atoms with E-state index in [0.717, 1.165) is 0 Å². The van der Waals surface area contributed by atoms with Gasteiger partial charge in [-0.1, -0.05) is 0 Å². The Morgan fingerprint density at radius 1 is 0.769 bits per heavy atom. The second-order valence-corrected chi connectivity index (χ2v) is 4.98. The fourth-order valence-corrected chi connectivity index (χ4v) is 1.76. The molecule has 0 amide bonds. The summed E-state index contributed by atoms with van der Waals surface area (Å²) in [7, 11) is 0. The number of ether oxygens (including phenoxy) is 1. The molecule has 140 valence electrons. The number of esters is 1. The zero-order valence-electron chi connectivity index (χ0n) is 13.3. The van der Waals surface area contributed by atoms with E-state index in [0.29, 0.717) is 0 Å². The van der Waals surface area contributed by atoms with Gasteiger partial charge in [-0.05, 0) is 0 Å². The summed E-state index contributed by atoms with van der Waals surface area (Å²) in [5, 5.41) is 55.3. The zero-order valence-corrected chi connectivity index (χ0v) is 15.3. The Morgan fingerprint density at radius 2 is 1.23 bits per heavy atom. The maximum Gasteiger partial charge on any atom is 1.00 e. The van der Waals surface area contributed by atoms with E-state index in [4.69, 9.17) is 20.4 Å². The van der Waals surface area contributed by atoms with Gasteiger partial charge in [-0.15, -0.1) is 0 Å². The van der Waals surface area contributed by atoms with Crippen LogP contribution in [0.15, 0.2) is 0 Å². The van der Waals surface area contributed by atoms with Crippen LogP contribution < -0.4 is 34.7 Å². The van der Waals surface area contributed by atoms with Crippen LogP contribution in [0.1, 0.15) is 25.7 Å². The van der Waals surface area contributed by atoms with E-state index in [2.05, 4.69) is 4.74 Å². The summed E-state index contributed by atoms with van der Waals surface area (Å²) in [5.74, 6) is -11.9. The van der Waals surface area contributed by atoms with Crippen LogP contribution >= 0.6 is 0 Å². The van der Waals surface area contributed by atoms with Crippen molar-refractivity contribution in [3.63, 3.8) is 0 Å². The van der Waals surface area contributed by atoms with Crippen molar-refractivity contribution >= 4 is 35.8 Å². The van der Waals surface area contributed by atoms with Crippen LogP contribution in [0.2, 0.25) is 0 Å². The molecule has 0 saturated heterocycles. The molecule has 0 aliphatic rings. The van der Waals surface area contributed by atoms with Gasteiger partial charge in [-0.2, -0.15) is 0 Å². The van der Waals surface area contributed by atoms with Gasteiger partial charge in [0.2, 0.25) is 5.60 Å². The van der Waals surface area contributed by atoms with Crippen molar-refractivity contribution in [2.45, 2.75) is 36.9 Å². The van der Waals surface area contributed by atoms with Gasteiger partial charge in [-0.25, -0.2) is 9.59 Å². The molecule has 0 aromatic rings. The molecule has 14 heteroatoms. The van der Waals surface area contributed by atoms with Gasteiger partial charge in [0, 0.05) is 12.4 Å². The van der Waals surface area contributed by atoms with Crippen molar-refractivity contribution < 1.29 is 93.7 Å². The number of carboxylic acids is 5. The average Bonchev–Trinajstić information content (AvgIpc) is 2.34. The number of aliphatic carboxylic acids is 5. The molecule has 0 aromatic carbocycles. The molecule has 2 atom stereocenters. The Labute approximate surface area is 166 Å². The molecule has 26 heavy (non-hydrogen) atoms. The number of carbonyl (C=O) groups excluding carboxylic acids is 2. The van der Waals surface area contributed by atoms with E-state index >= 15 is 0 Å². The zero-order chi connectivity index (χ0) is 20.0. The third-order valence-corrected chi connectivity index (χ3v) is 2.84. The number of aliphatic hydroxyl groups is 1. The predicted molar refractivity (Wildman–Crippen MR) is 67.8 cm³/mol. The molecule has 5 N–H and O–H groups in total. The van der Waals surface area contributed by atoms with E-state index in [9.17, 15) is 39.0 Å². The minimum atomic E-state index is -3.18. The fraction of sp³-hybridized carbons (Fsp3) is 0.500. The summed E-state index contributed by atoms with van der Waals surface area (Å²) >= 11 is 0. The van der Waals surface area contributed by atoms with Gasteiger partial charge in [0.25, 0.3) is 0 Å². The predicted octanol–water partition coefficient (Wildman–Crippen LogP) is -6.35. The summed E-state index contributed by atoms with van der Waals surface area (Å²) in [6, 6.07) is 0. The average molecular weight is 388 g/mol. The largest absolute Gasteiger partial charge is 1.00 e. The third-order valence-electron chi connectivity index (χ3n) is 2.84. The number of hydrogen-bond donors (Lipinski definition) is 5. The van der Waals surface area contributed by atoms with Crippen molar-refractivity contribution in [3.8, 4) is 0 Å². The number of carbonyl (C=O) groups is 6. The van der Waals surface area contributed by atoms with E-state index in [1.54, 1.807) is 0 Å². The molecule has 0 radical (unpaired) electrons. The second-order valence-electron chi connectivity index (χ2n) is 4.98. The molecule has 0 aliphatic heterocycles. The van der Waals surface area contributed by atoms with Crippen LogP contribution in [0.3, 0.4) is 0 Å². The molecule has 0 bridgehead atoms. The molecule has 0 fully saturated rings. The van der Waals surface area contributed by atoms with Crippen LogP contribution in [-0.4, -0.2) is 72.6 Å². The van der Waals surface area contributed by atoms with Crippen molar-refractivity contribution in [2.24, 2.45) is 0 Å². The maximum atomic E-state index is 11.7. The SMILES string of the molecule is O=C([O-])CC(CC(=O)O)(OC(=O)CC(O)(CC(=O)O)C(=O)O)C(=O)O.[Na+]. The number of rotatable bonds is 11. The van der Waals surface area contributed by atoms with Crippen LogP contribution in [0, 0.1) is 0 Å². The summed E-state index contributed by atoms with van der Waals surface area (Å²) in [4.78, 5) is 65.8. The van der Waals surface area contributed by atoms with Gasteiger partial charge in [0.15, 0.2) is 5.60 Å². The molecule has 0 rings (SSSR count). The first kappa shape index (κ1) is 26.0. The first-order valence-corrected chi connectivity index (χ1v) is 6.28. The Bertz CT molecular complexity index is 596. The summed E-state index contributed by atoms with van der Waals surface area (Å²) < 4.78 is 4.29. The van der Waals surface area contributed by atoms with Crippen LogP contribution in [0.4, 0.5) is 0 Å². The van der Waals surface area contributed by atoms with E-state index in [1.165, 1.54) is 0 Å². The molecule has 0 spiro atoms. The molecular formula is C12H13NaO13. The molecular weight excluding hydrogens is 375 g/mol. The quantitative estimate of drug-likeness (QED) is 0.164. The minimum Gasteiger partial charge on any atom is -0.550 e. The third kappa shape index (κ3) is 7.77. The Morgan fingerprint density at radius 3 is 1.54 bits per heavy atom. The number of carboxylic acid groups (broad SMARTS) is 5. The minimum absolute atomic E-state index is 0. The maximum absolute atomic E-state index is 11.7. The van der Waals surface area contributed by atoms with Crippen LogP contribution in [0.5, 0.6) is 0 Å². The van der Waals surface area contributed by atoms with Crippen molar-refractivity contribution in [3.05, 3.63) is 0 Å². The summed E-state index contributed by atoms with van der Waals surface area (Å²) in [6.07, 6.45) is -6.12. The molecule has 13 nitrogen and oxygen atoms in total. The smallest absolute Gasteiger partial charge is 0.550 e. The molecule has 2 unspecified atom stereocenters. The van der Waals surface area contributed by atoms with Crippen LogP contribution in [-0.2, 0) is 33.5 Å². The standard InChI is InChI=1S/C12H14O13.Na/c13-5(14)1-11(24,9(20)21)4-8(19)25-12(10(22)23,2-6(15)16)3-7(17)18;/h24H,1-4H2,(H,13,14)(H,15,16)(H,17,18)(H,20,21)(H,22,23);/q;+1/p-1. The monoisotopic (exact) mass is 388 g/mol. The van der Waals surface area contributed by atoms with Gasteiger partial charge in [0.1, 0.15) is 0 Å². The first-order valence-electron chi connectivity index (χ1n) is 6.28. The summed E-state index contributed by atoms with van der Waals surface area (Å²) in [6.45, 7) is 0. The Balaban J connectivity index is 0. The first-order chi connectivity index (χ1) is 11.2. The van der Waals surface area contributed by atoms with Crippen molar-refractivity contribution in [1.82, 2.24) is 0 Å². The van der Waals surface area contributed by atoms with Gasteiger partial charge in [0.05, 0.1) is 19.3 Å². The van der Waals surface area contributed by atoms with Crippen LogP contribution in [0.25, 0.3) is 0 Å². The van der Waals surface area contributed by atoms with Gasteiger partial charge >= 0.3 is 59.4 Å². The molecule has 0 aliphatic carbocycles. The fourth-order valence-electron chi connectivity index (χ4n) is 1.76. The second kappa shape index (κ2) is 10.1. The number of hydrogen-bond acceptors (Lipinski definition) is 9. The molecule has 0 aromatic heterocycles. The Kier molecular flexibility index (Phi) is 10.1. The Hall–Kier alpha value is -2.22. The van der Waals surface area contributed by atoms with Gasteiger partial charge in [-0.3, -0.25) is 14.4 Å². The molecule has 0 saturated carbocycles. The molecule has 0 heterocycles. The van der Waals surface area contributed by atoms with Crippen molar-refractivity contribution in [1.29, 1.82) is 0 Å². The van der Waals surface area contributed by atoms with Gasteiger partial charge < -0.3 is 40.2 Å². The van der Waals surface area contributed by atoms with E-state index in [1.807, 2.05) is 0 Å². The van der Waals surface area contributed by atoms with E-state index in [-0.39, 0.29) is 29.6 Å².